The van der Waals surface area contributed by atoms with Crippen LogP contribution >= 0.6 is 11.8 Å². The molecule has 5 heteroatoms. The van der Waals surface area contributed by atoms with E-state index in [1.165, 1.54) is 30.6 Å². The molecule has 4 rings (SSSR count). The molecule has 4 nitrogen and oxygen atoms in total. The largest absolute Gasteiger partial charge is 0.368 e. The molecule has 1 aliphatic carbocycles. The van der Waals surface area contributed by atoms with Gasteiger partial charge in [0, 0.05) is 17.1 Å². The summed E-state index contributed by atoms with van der Waals surface area (Å²) in [7, 11) is 0. The lowest BCUT2D eigenvalue weighted by Crippen LogP contribution is -2.38. The average molecular weight is 369 g/mol. The number of amides is 2. The van der Waals surface area contributed by atoms with Crippen molar-refractivity contribution < 1.29 is 9.59 Å². The van der Waals surface area contributed by atoms with E-state index < -0.39 is 5.91 Å². The van der Waals surface area contributed by atoms with Gasteiger partial charge in [0.15, 0.2) is 0 Å². The molecule has 136 valence electrons. The van der Waals surface area contributed by atoms with Crippen molar-refractivity contribution in [2.24, 2.45) is 5.73 Å². The van der Waals surface area contributed by atoms with Gasteiger partial charge in [-0.25, -0.2) is 0 Å². The third-order valence-electron chi connectivity index (χ3n) is 4.61. The Morgan fingerprint density at radius 2 is 1.58 bits per heavy atom. The fraction of sp³-hybridized carbons (Fsp3) is 0.333. The number of fused-ring (bicyclic) bond motifs is 2. The van der Waals surface area contributed by atoms with Crippen LogP contribution in [0.1, 0.15) is 30.4 Å². The second kappa shape index (κ2) is 8.90. The minimum atomic E-state index is -0.491. The third kappa shape index (κ3) is 4.67. The molecule has 0 saturated heterocycles. The van der Waals surface area contributed by atoms with Gasteiger partial charge in [0.05, 0.1) is 5.69 Å². The Bertz CT molecular complexity index is 766. The maximum Gasteiger partial charge on any atom is 0.237 e. The summed E-state index contributed by atoms with van der Waals surface area (Å²) in [6.45, 7) is -0.0452. The third-order valence-corrected chi connectivity index (χ3v) is 5.67. The first-order valence-corrected chi connectivity index (χ1v) is 10.0. The number of thioether (sulfide) groups is 1. The van der Waals surface area contributed by atoms with E-state index in [0.717, 1.165) is 16.3 Å². The summed E-state index contributed by atoms with van der Waals surface area (Å²) in [5.74, 6) is 0.205. The van der Waals surface area contributed by atoms with Crippen molar-refractivity contribution in [3.05, 3.63) is 59.7 Å². The van der Waals surface area contributed by atoms with Crippen LogP contribution in [-0.2, 0) is 22.4 Å². The van der Waals surface area contributed by atoms with Crippen molar-refractivity contribution in [2.75, 3.05) is 17.2 Å². The number of rotatable bonds is 2. The normalized spacial score (nSPS) is 15.8. The Hall–Kier alpha value is -2.27. The summed E-state index contributed by atoms with van der Waals surface area (Å²) >= 11 is 1.63. The highest BCUT2D eigenvalue weighted by atomic mass is 32.2. The maximum absolute atomic E-state index is 11.8. The second-order valence-corrected chi connectivity index (χ2v) is 7.62. The smallest absolute Gasteiger partial charge is 0.237 e. The number of primary amides is 1. The fourth-order valence-corrected chi connectivity index (χ4v) is 4.32. The number of carbonyl (C=O) groups excluding carboxylic acids is 2. The summed E-state index contributed by atoms with van der Waals surface area (Å²) in [5.41, 5.74) is 9.10. The summed E-state index contributed by atoms with van der Waals surface area (Å²) in [4.78, 5) is 25.3. The van der Waals surface area contributed by atoms with Crippen LogP contribution < -0.4 is 10.6 Å². The van der Waals surface area contributed by atoms with E-state index in [-0.39, 0.29) is 12.5 Å². The summed E-state index contributed by atoms with van der Waals surface area (Å²) in [5, 5.41) is 0. The van der Waals surface area contributed by atoms with Gasteiger partial charge in [-0.2, -0.15) is 0 Å². The molecule has 0 unspecified atom stereocenters. The first kappa shape index (κ1) is 18.5. The van der Waals surface area contributed by atoms with E-state index >= 15 is 0 Å². The fourth-order valence-electron chi connectivity index (χ4n) is 3.33. The Labute approximate surface area is 158 Å². The van der Waals surface area contributed by atoms with Crippen LogP contribution in [0.3, 0.4) is 0 Å². The van der Waals surface area contributed by atoms with Gasteiger partial charge >= 0.3 is 0 Å². The predicted octanol–water partition coefficient (Wildman–Crippen LogP) is 3.57. The molecule has 0 bridgehead atoms. The first-order valence-electron chi connectivity index (χ1n) is 9.02. The van der Waals surface area contributed by atoms with Gasteiger partial charge in [-0.3, -0.25) is 9.59 Å². The van der Waals surface area contributed by atoms with Crippen molar-refractivity contribution >= 4 is 29.3 Å². The molecule has 0 spiro atoms. The maximum atomic E-state index is 11.8. The molecule has 2 N–H and O–H groups in total. The first-order chi connectivity index (χ1) is 12.6. The molecule has 1 heterocycles. The molecule has 2 aromatic rings. The van der Waals surface area contributed by atoms with Crippen LogP contribution in [0, 0.1) is 0 Å². The Balaban J connectivity index is 0.000000167. The van der Waals surface area contributed by atoms with E-state index in [1.54, 1.807) is 22.9 Å². The molecule has 1 aliphatic heterocycles. The van der Waals surface area contributed by atoms with E-state index in [9.17, 15) is 9.59 Å². The van der Waals surface area contributed by atoms with Crippen molar-refractivity contribution in [3.63, 3.8) is 0 Å². The van der Waals surface area contributed by atoms with Crippen LogP contribution in [0.15, 0.2) is 53.4 Å². The zero-order valence-electron chi connectivity index (χ0n) is 14.8. The minimum Gasteiger partial charge on any atom is -0.368 e. The highest BCUT2D eigenvalue weighted by Gasteiger charge is 2.23. The highest BCUT2D eigenvalue weighted by molar-refractivity contribution is 7.99. The van der Waals surface area contributed by atoms with E-state index in [1.807, 2.05) is 24.3 Å². The molecule has 0 fully saturated rings. The number of nitrogens with zero attached hydrogens (tertiary/aromatic N) is 1. The number of aryl methyl sites for hydroxylation is 2. The van der Waals surface area contributed by atoms with Crippen molar-refractivity contribution in [1.82, 2.24) is 0 Å². The van der Waals surface area contributed by atoms with E-state index in [4.69, 9.17) is 5.73 Å². The molecule has 2 aliphatic rings. The quantitative estimate of drug-likeness (QED) is 0.881. The number of hydrogen-bond acceptors (Lipinski definition) is 3. The second-order valence-electron chi connectivity index (χ2n) is 6.49. The van der Waals surface area contributed by atoms with Crippen LogP contribution in [0.2, 0.25) is 0 Å². The molecular formula is C21H24N2O2S. The molecule has 0 saturated carbocycles. The van der Waals surface area contributed by atoms with Crippen molar-refractivity contribution in [1.29, 1.82) is 0 Å². The number of anilines is 1. The van der Waals surface area contributed by atoms with Crippen molar-refractivity contribution in [2.45, 2.75) is 37.0 Å². The average Bonchev–Trinajstić information content (AvgIpc) is 2.81. The van der Waals surface area contributed by atoms with Gasteiger partial charge in [0.2, 0.25) is 11.8 Å². The molecule has 0 atom stereocenters. The summed E-state index contributed by atoms with van der Waals surface area (Å²) < 4.78 is 0. The lowest BCUT2D eigenvalue weighted by molar-refractivity contribution is -0.122. The summed E-state index contributed by atoms with van der Waals surface area (Å²) in [6, 6.07) is 16.4. The van der Waals surface area contributed by atoms with Gasteiger partial charge in [-0.05, 0) is 48.9 Å². The van der Waals surface area contributed by atoms with E-state index in [0.29, 0.717) is 6.42 Å². The molecule has 2 aromatic carbocycles. The zero-order chi connectivity index (χ0) is 18.4. The monoisotopic (exact) mass is 368 g/mol. The number of para-hydroxylation sites is 1. The van der Waals surface area contributed by atoms with Crippen LogP contribution in [0.5, 0.6) is 0 Å². The lowest BCUT2D eigenvalue weighted by Gasteiger charge is -2.20. The number of nitrogens with two attached hydrogens (primary N) is 1. The number of hydrogen-bond donors (Lipinski definition) is 1. The van der Waals surface area contributed by atoms with Crippen LogP contribution in [0.25, 0.3) is 0 Å². The Morgan fingerprint density at radius 3 is 2.23 bits per heavy atom. The van der Waals surface area contributed by atoms with Gasteiger partial charge in [0.1, 0.15) is 6.54 Å². The molecule has 0 aromatic heterocycles. The summed E-state index contributed by atoms with van der Waals surface area (Å²) in [6.07, 6.45) is 5.81. The van der Waals surface area contributed by atoms with Crippen LogP contribution in [-0.4, -0.2) is 24.1 Å². The number of carbonyl (C=O) groups is 2. The van der Waals surface area contributed by atoms with Crippen LogP contribution in [0.4, 0.5) is 5.69 Å². The van der Waals surface area contributed by atoms with E-state index in [2.05, 4.69) is 24.3 Å². The van der Waals surface area contributed by atoms with Crippen molar-refractivity contribution in [3.8, 4) is 0 Å². The zero-order valence-corrected chi connectivity index (χ0v) is 15.6. The highest BCUT2D eigenvalue weighted by Crippen LogP contribution is 2.33. The SMILES string of the molecule is NC(=O)CN1C(=O)CCSc2ccccc21.c1ccc2c(c1)CCCC2. The molecular weight excluding hydrogens is 344 g/mol. The van der Waals surface area contributed by atoms with Gasteiger partial charge < -0.3 is 10.6 Å². The lowest BCUT2D eigenvalue weighted by atomic mass is 9.92. The van der Waals surface area contributed by atoms with Gasteiger partial charge in [0.25, 0.3) is 0 Å². The van der Waals surface area contributed by atoms with Gasteiger partial charge in [-0.1, -0.05) is 36.4 Å². The molecule has 26 heavy (non-hydrogen) atoms. The van der Waals surface area contributed by atoms with Gasteiger partial charge in [-0.15, -0.1) is 11.8 Å². The molecule has 2 amide bonds. The Morgan fingerprint density at radius 1 is 0.962 bits per heavy atom. The minimum absolute atomic E-state index is 0.0451. The predicted molar refractivity (Wildman–Crippen MR) is 106 cm³/mol. The Kier molecular flexibility index (Phi) is 6.34. The molecule has 0 radical (unpaired) electrons. The number of benzene rings is 2. The standard InChI is InChI=1S/C11H12N2O2S.C10H12/c12-10(14)7-13-8-3-1-2-4-9(8)16-6-5-11(13)15;1-2-6-10-8-4-3-7-9(10)5-1/h1-4H,5-7H2,(H2,12,14);1-2,5-6H,3-4,7-8H2. The topological polar surface area (TPSA) is 63.4 Å².